The SMILES string of the molecule is COc1cc(NCCC(=O)N2CCN(c3ccccc3)CC2)cc(OC)c1OC. The second-order valence-corrected chi connectivity index (χ2v) is 6.79. The van der Waals surface area contributed by atoms with Crippen LogP contribution in [-0.4, -0.2) is 64.9 Å². The van der Waals surface area contributed by atoms with Crippen LogP contribution in [-0.2, 0) is 4.79 Å². The van der Waals surface area contributed by atoms with Crippen LogP contribution in [0, 0.1) is 0 Å². The highest BCUT2D eigenvalue weighted by molar-refractivity contribution is 5.77. The minimum Gasteiger partial charge on any atom is -0.493 e. The van der Waals surface area contributed by atoms with Crippen LogP contribution in [0.2, 0.25) is 0 Å². The zero-order chi connectivity index (χ0) is 20.6. The summed E-state index contributed by atoms with van der Waals surface area (Å²) in [5, 5.41) is 3.28. The van der Waals surface area contributed by atoms with Gasteiger partial charge >= 0.3 is 0 Å². The molecule has 1 heterocycles. The third kappa shape index (κ3) is 5.04. The monoisotopic (exact) mass is 399 g/mol. The van der Waals surface area contributed by atoms with Gasteiger partial charge in [0.2, 0.25) is 11.7 Å². The standard InChI is InChI=1S/C22H29N3O4/c1-27-19-15-17(16-20(28-2)22(19)29-3)23-10-9-21(26)25-13-11-24(12-14-25)18-7-5-4-6-8-18/h4-8,15-16,23H,9-14H2,1-3H3. The van der Waals surface area contributed by atoms with Crippen molar-refractivity contribution in [2.45, 2.75) is 6.42 Å². The molecule has 0 bridgehead atoms. The molecule has 1 aliphatic heterocycles. The average molecular weight is 399 g/mol. The van der Waals surface area contributed by atoms with Gasteiger partial charge in [0, 0.05) is 62.7 Å². The van der Waals surface area contributed by atoms with Crippen LogP contribution < -0.4 is 24.4 Å². The first kappa shape index (κ1) is 20.6. The lowest BCUT2D eigenvalue weighted by Crippen LogP contribution is -2.49. The Labute approximate surface area is 172 Å². The minimum absolute atomic E-state index is 0.164. The molecule has 1 fully saturated rings. The van der Waals surface area contributed by atoms with E-state index in [0.29, 0.717) is 30.2 Å². The Morgan fingerprint density at radius 1 is 0.931 bits per heavy atom. The third-order valence-electron chi connectivity index (χ3n) is 5.09. The van der Waals surface area contributed by atoms with Crippen molar-refractivity contribution in [1.29, 1.82) is 0 Å². The lowest BCUT2D eigenvalue weighted by molar-refractivity contribution is -0.131. The Morgan fingerprint density at radius 2 is 1.55 bits per heavy atom. The highest BCUT2D eigenvalue weighted by atomic mass is 16.5. The van der Waals surface area contributed by atoms with Crippen molar-refractivity contribution in [2.75, 3.05) is 64.3 Å². The van der Waals surface area contributed by atoms with Gasteiger partial charge in [0.25, 0.3) is 0 Å². The van der Waals surface area contributed by atoms with E-state index in [2.05, 4.69) is 22.3 Å². The normalized spacial score (nSPS) is 13.8. The number of amides is 1. The Balaban J connectivity index is 1.49. The average Bonchev–Trinajstić information content (AvgIpc) is 2.78. The summed E-state index contributed by atoms with van der Waals surface area (Å²) in [5.74, 6) is 1.88. The number of rotatable bonds is 8. The molecule has 1 aliphatic rings. The van der Waals surface area contributed by atoms with Gasteiger partial charge in [0.1, 0.15) is 0 Å². The fourth-order valence-corrected chi connectivity index (χ4v) is 3.51. The first-order valence-electron chi connectivity index (χ1n) is 9.78. The van der Waals surface area contributed by atoms with Gasteiger partial charge in [-0.25, -0.2) is 0 Å². The van der Waals surface area contributed by atoms with Crippen molar-refractivity contribution in [3.8, 4) is 17.2 Å². The molecular formula is C22H29N3O4. The summed E-state index contributed by atoms with van der Waals surface area (Å²) in [6.07, 6.45) is 0.433. The molecule has 0 aromatic heterocycles. The van der Waals surface area contributed by atoms with Crippen molar-refractivity contribution < 1.29 is 19.0 Å². The van der Waals surface area contributed by atoms with Crippen LogP contribution >= 0.6 is 0 Å². The molecule has 7 heteroatoms. The number of hydrogen-bond donors (Lipinski definition) is 1. The number of carbonyl (C=O) groups excluding carboxylic acids is 1. The smallest absolute Gasteiger partial charge is 0.224 e. The number of anilines is 2. The maximum absolute atomic E-state index is 12.6. The quantitative estimate of drug-likeness (QED) is 0.737. The highest BCUT2D eigenvalue weighted by Gasteiger charge is 2.21. The first-order valence-corrected chi connectivity index (χ1v) is 9.78. The summed E-state index contributed by atoms with van der Waals surface area (Å²) < 4.78 is 16.1. The van der Waals surface area contributed by atoms with E-state index in [-0.39, 0.29) is 5.91 Å². The van der Waals surface area contributed by atoms with Gasteiger partial charge in [-0.05, 0) is 12.1 Å². The molecule has 0 unspecified atom stereocenters. The molecule has 1 amide bonds. The van der Waals surface area contributed by atoms with Crippen LogP contribution in [0.5, 0.6) is 17.2 Å². The number of ether oxygens (including phenoxy) is 3. The summed E-state index contributed by atoms with van der Waals surface area (Å²) in [7, 11) is 4.74. The van der Waals surface area contributed by atoms with E-state index in [1.807, 2.05) is 35.2 Å². The highest BCUT2D eigenvalue weighted by Crippen LogP contribution is 2.39. The van der Waals surface area contributed by atoms with Gasteiger partial charge in [-0.1, -0.05) is 18.2 Å². The molecule has 29 heavy (non-hydrogen) atoms. The van der Waals surface area contributed by atoms with E-state index in [1.54, 1.807) is 21.3 Å². The predicted octanol–water partition coefficient (Wildman–Crippen LogP) is 2.86. The fourth-order valence-electron chi connectivity index (χ4n) is 3.51. The largest absolute Gasteiger partial charge is 0.493 e. The Bertz CT molecular complexity index is 780. The van der Waals surface area contributed by atoms with Gasteiger partial charge in [-0.2, -0.15) is 0 Å². The molecule has 0 atom stereocenters. The summed E-state index contributed by atoms with van der Waals surface area (Å²) in [5.41, 5.74) is 2.03. The number of benzene rings is 2. The molecule has 3 rings (SSSR count). The van der Waals surface area contributed by atoms with Gasteiger partial charge in [-0.15, -0.1) is 0 Å². The molecule has 2 aromatic carbocycles. The second-order valence-electron chi connectivity index (χ2n) is 6.79. The predicted molar refractivity (Wildman–Crippen MR) is 114 cm³/mol. The third-order valence-corrected chi connectivity index (χ3v) is 5.09. The van der Waals surface area contributed by atoms with Crippen LogP contribution in [0.4, 0.5) is 11.4 Å². The van der Waals surface area contributed by atoms with Gasteiger partial charge in [-0.3, -0.25) is 4.79 Å². The fraction of sp³-hybridized carbons (Fsp3) is 0.409. The van der Waals surface area contributed by atoms with Crippen LogP contribution in [0.3, 0.4) is 0 Å². The van der Waals surface area contributed by atoms with Gasteiger partial charge < -0.3 is 29.3 Å². The maximum atomic E-state index is 12.6. The molecule has 2 aromatic rings. The number of hydrogen-bond acceptors (Lipinski definition) is 6. The van der Waals surface area contributed by atoms with Crippen molar-refractivity contribution in [2.24, 2.45) is 0 Å². The summed E-state index contributed by atoms with van der Waals surface area (Å²) in [6.45, 7) is 3.75. The minimum atomic E-state index is 0.164. The molecule has 156 valence electrons. The van der Waals surface area contributed by atoms with E-state index in [0.717, 1.165) is 31.9 Å². The maximum Gasteiger partial charge on any atom is 0.224 e. The van der Waals surface area contributed by atoms with E-state index in [4.69, 9.17) is 14.2 Å². The molecule has 1 N–H and O–H groups in total. The molecule has 0 spiro atoms. The summed E-state index contributed by atoms with van der Waals surface area (Å²) in [4.78, 5) is 16.8. The van der Waals surface area contributed by atoms with Crippen LogP contribution in [0.1, 0.15) is 6.42 Å². The summed E-state index contributed by atoms with van der Waals surface area (Å²) in [6, 6.07) is 14.0. The van der Waals surface area contributed by atoms with Crippen molar-refractivity contribution >= 4 is 17.3 Å². The molecular weight excluding hydrogens is 370 g/mol. The number of nitrogens with zero attached hydrogens (tertiary/aromatic N) is 2. The second kappa shape index (κ2) is 9.91. The molecule has 0 saturated carbocycles. The number of nitrogens with one attached hydrogen (secondary N) is 1. The lowest BCUT2D eigenvalue weighted by atomic mass is 10.2. The van der Waals surface area contributed by atoms with Gasteiger partial charge in [0.05, 0.1) is 21.3 Å². The van der Waals surface area contributed by atoms with E-state index in [9.17, 15) is 4.79 Å². The zero-order valence-corrected chi connectivity index (χ0v) is 17.3. The molecule has 0 aliphatic carbocycles. The van der Waals surface area contributed by atoms with Crippen LogP contribution in [0.15, 0.2) is 42.5 Å². The van der Waals surface area contributed by atoms with E-state index >= 15 is 0 Å². The Kier molecular flexibility index (Phi) is 7.05. The Hall–Kier alpha value is -3.09. The van der Waals surface area contributed by atoms with Crippen molar-refractivity contribution in [3.05, 3.63) is 42.5 Å². The topological polar surface area (TPSA) is 63.3 Å². The first-order chi connectivity index (χ1) is 14.2. The molecule has 7 nitrogen and oxygen atoms in total. The van der Waals surface area contributed by atoms with E-state index < -0.39 is 0 Å². The van der Waals surface area contributed by atoms with Crippen molar-refractivity contribution in [3.63, 3.8) is 0 Å². The lowest BCUT2D eigenvalue weighted by Gasteiger charge is -2.36. The zero-order valence-electron chi connectivity index (χ0n) is 17.3. The van der Waals surface area contributed by atoms with Crippen molar-refractivity contribution in [1.82, 2.24) is 4.90 Å². The number of methoxy groups -OCH3 is 3. The number of para-hydroxylation sites is 1. The molecule has 1 saturated heterocycles. The van der Waals surface area contributed by atoms with Gasteiger partial charge in [0.15, 0.2) is 11.5 Å². The summed E-state index contributed by atoms with van der Waals surface area (Å²) >= 11 is 0. The van der Waals surface area contributed by atoms with Crippen LogP contribution in [0.25, 0.3) is 0 Å². The molecule has 0 radical (unpaired) electrons. The van der Waals surface area contributed by atoms with E-state index in [1.165, 1.54) is 5.69 Å². The number of piperazine rings is 1. The Morgan fingerprint density at radius 3 is 2.10 bits per heavy atom. The number of carbonyl (C=O) groups is 1.